The van der Waals surface area contributed by atoms with Crippen molar-refractivity contribution in [2.24, 2.45) is 5.41 Å². The molecule has 1 fully saturated rings. The Kier molecular flexibility index (Phi) is 1.95. The SMILES string of the molecule is CNC(C)(C(F)F)C1(C)CC1. The van der Waals surface area contributed by atoms with E-state index in [1.807, 2.05) is 6.92 Å². The summed E-state index contributed by atoms with van der Waals surface area (Å²) in [4.78, 5) is 0. The van der Waals surface area contributed by atoms with E-state index in [0.29, 0.717) is 0 Å². The van der Waals surface area contributed by atoms with E-state index in [0.717, 1.165) is 12.8 Å². The molecule has 0 spiro atoms. The monoisotopic (exact) mass is 163 g/mol. The summed E-state index contributed by atoms with van der Waals surface area (Å²) in [6, 6.07) is 0. The third-order valence-electron chi connectivity index (χ3n) is 3.21. The van der Waals surface area contributed by atoms with Crippen LogP contribution >= 0.6 is 0 Å². The molecule has 1 nitrogen and oxygen atoms in total. The predicted molar refractivity (Wildman–Crippen MR) is 40.8 cm³/mol. The van der Waals surface area contributed by atoms with Gasteiger partial charge in [-0.25, -0.2) is 8.78 Å². The highest BCUT2D eigenvalue weighted by Gasteiger charge is 2.57. The van der Waals surface area contributed by atoms with Crippen LogP contribution in [0.4, 0.5) is 8.78 Å². The van der Waals surface area contributed by atoms with Gasteiger partial charge in [-0.15, -0.1) is 0 Å². The van der Waals surface area contributed by atoms with Crippen LogP contribution in [0.1, 0.15) is 26.7 Å². The fraction of sp³-hybridized carbons (Fsp3) is 1.00. The van der Waals surface area contributed by atoms with Gasteiger partial charge in [0.15, 0.2) is 0 Å². The Morgan fingerprint density at radius 2 is 1.91 bits per heavy atom. The molecular weight excluding hydrogens is 148 g/mol. The molecule has 0 amide bonds. The highest BCUT2D eigenvalue weighted by atomic mass is 19.3. The molecule has 0 aromatic rings. The Labute approximate surface area is 66.2 Å². The molecule has 0 aromatic heterocycles. The van der Waals surface area contributed by atoms with E-state index < -0.39 is 12.0 Å². The first-order valence-corrected chi connectivity index (χ1v) is 3.93. The van der Waals surface area contributed by atoms with Crippen molar-refractivity contribution < 1.29 is 8.78 Å². The number of alkyl halides is 2. The summed E-state index contributed by atoms with van der Waals surface area (Å²) in [6.45, 7) is 3.51. The van der Waals surface area contributed by atoms with Crippen molar-refractivity contribution in [3.63, 3.8) is 0 Å². The van der Waals surface area contributed by atoms with Crippen molar-refractivity contribution in [1.82, 2.24) is 5.32 Å². The molecule has 1 aliphatic carbocycles. The quantitative estimate of drug-likeness (QED) is 0.671. The molecule has 0 heterocycles. The summed E-state index contributed by atoms with van der Waals surface area (Å²) in [6.07, 6.45) is -0.455. The maximum absolute atomic E-state index is 12.6. The van der Waals surface area contributed by atoms with E-state index in [1.54, 1.807) is 14.0 Å². The second-order valence-corrected chi connectivity index (χ2v) is 3.81. The van der Waals surface area contributed by atoms with Gasteiger partial charge in [-0.3, -0.25) is 0 Å². The van der Waals surface area contributed by atoms with Crippen LogP contribution in [0.25, 0.3) is 0 Å². The van der Waals surface area contributed by atoms with Crippen LogP contribution in [0.15, 0.2) is 0 Å². The Hall–Kier alpha value is -0.180. The average Bonchev–Trinajstić information content (AvgIpc) is 2.67. The first-order chi connectivity index (χ1) is 4.96. The summed E-state index contributed by atoms with van der Waals surface area (Å²) in [5, 5.41) is 2.73. The zero-order chi connectivity index (χ0) is 8.70. The minimum atomic E-state index is -2.28. The van der Waals surface area contributed by atoms with Crippen LogP contribution < -0.4 is 5.32 Å². The lowest BCUT2D eigenvalue weighted by Crippen LogP contribution is -2.53. The largest absolute Gasteiger partial charge is 0.309 e. The van der Waals surface area contributed by atoms with Crippen molar-refractivity contribution in [1.29, 1.82) is 0 Å². The van der Waals surface area contributed by atoms with E-state index in [9.17, 15) is 8.78 Å². The topological polar surface area (TPSA) is 12.0 Å². The van der Waals surface area contributed by atoms with Gasteiger partial charge in [0.05, 0.1) is 5.54 Å². The maximum Gasteiger partial charge on any atom is 0.256 e. The van der Waals surface area contributed by atoms with Gasteiger partial charge in [-0.2, -0.15) is 0 Å². The third-order valence-corrected chi connectivity index (χ3v) is 3.21. The molecule has 11 heavy (non-hydrogen) atoms. The number of hydrogen-bond acceptors (Lipinski definition) is 1. The van der Waals surface area contributed by atoms with Crippen LogP contribution in [-0.2, 0) is 0 Å². The lowest BCUT2D eigenvalue weighted by atomic mass is 9.84. The van der Waals surface area contributed by atoms with Gasteiger partial charge in [0.25, 0.3) is 6.43 Å². The number of rotatable bonds is 3. The number of halogens is 2. The molecule has 1 rings (SSSR count). The van der Waals surface area contributed by atoms with E-state index >= 15 is 0 Å². The molecule has 0 aliphatic heterocycles. The van der Waals surface area contributed by atoms with Gasteiger partial charge < -0.3 is 5.32 Å². The summed E-state index contributed by atoms with van der Waals surface area (Å²) < 4.78 is 25.1. The fourth-order valence-electron chi connectivity index (χ4n) is 1.38. The molecule has 1 N–H and O–H groups in total. The first-order valence-electron chi connectivity index (χ1n) is 3.93. The first kappa shape index (κ1) is 8.91. The fourth-order valence-corrected chi connectivity index (χ4v) is 1.38. The van der Waals surface area contributed by atoms with Gasteiger partial charge in [-0.05, 0) is 32.2 Å². The molecule has 0 bridgehead atoms. The Bertz CT molecular complexity index is 154. The van der Waals surface area contributed by atoms with Gasteiger partial charge in [0.1, 0.15) is 0 Å². The van der Waals surface area contributed by atoms with Crippen LogP contribution in [0, 0.1) is 5.41 Å². The zero-order valence-corrected chi connectivity index (χ0v) is 7.25. The van der Waals surface area contributed by atoms with Crippen LogP contribution in [0.3, 0.4) is 0 Å². The van der Waals surface area contributed by atoms with E-state index in [2.05, 4.69) is 5.32 Å². The molecule has 0 aromatic carbocycles. The highest BCUT2D eigenvalue weighted by Crippen LogP contribution is 2.55. The van der Waals surface area contributed by atoms with Crippen LogP contribution in [-0.4, -0.2) is 19.0 Å². The molecule has 3 heteroatoms. The highest BCUT2D eigenvalue weighted by molar-refractivity contribution is 5.08. The van der Waals surface area contributed by atoms with Gasteiger partial charge in [0.2, 0.25) is 0 Å². The Balaban J connectivity index is 2.75. The third kappa shape index (κ3) is 1.15. The van der Waals surface area contributed by atoms with Crippen LogP contribution in [0.5, 0.6) is 0 Å². The molecule has 0 saturated heterocycles. The van der Waals surface area contributed by atoms with Crippen molar-refractivity contribution >= 4 is 0 Å². The molecule has 1 unspecified atom stereocenters. The molecular formula is C8H15F2N. The predicted octanol–water partition coefficient (Wildman–Crippen LogP) is 2.03. The lowest BCUT2D eigenvalue weighted by Gasteiger charge is -2.34. The van der Waals surface area contributed by atoms with E-state index in [4.69, 9.17) is 0 Å². The average molecular weight is 163 g/mol. The summed E-state index contributed by atoms with van der Waals surface area (Å²) in [5.41, 5.74) is -1.18. The van der Waals surface area contributed by atoms with Gasteiger partial charge >= 0.3 is 0 Å². The van der Waals surface area contributed by atoms with E-state index in [1.165, 1.54) is 0 Å². The summed E-state index contributed by atoms with van der Waals surface area (Å²) in [5.74, 6) is 0. The van der Waals surface area contributed by atoms with Crippen molar-refractivity contribution in [3.05, 3.63) is 0 Å². The molecule has 1 aliphatic rings. The van der Waals surface area contributed by atoms with Crippen molar-refractivity contribution in [2.45, 2.75) is 38.7 Å². The van der Waals surface area contributed by atoms with Gasteiger partial charge in [-0.1, -0.05) is 6.92 Å². The Morgan fingerprint density at radius 3 is 2.00 bits per heavy atom. The number of hydrogen-bond donors (Lipinski definition) is 1. The molecule has 1 saturated carbocycles. The molecule has 1 atom stereocenters. The van der Waals surface area contributed by atoms with Crippen molar-refractivity contribution in [2.75, 3.05) is 7.05 Å². The Morgan fingerprint density at radius 1 is 1.45 bits per heavy atom. The minimum absolute atomic E-state index is 0.185. The number of nitrogens with one attached hydrogen (secondary N) is 1. The second kappa shape index (κ2) is 2.41. The minimum Gasteiger partial charge on any atom is -0.309 e. The lowest BCUT2D eigenvalue weighted by molar-refractivity contribution is 0.00420. The summed E-state index contributed by atoms with van der Waals surface area (Å²) >= 11 is 0. The normalized spacial score (nSPS) is 26.7. The summed E-state index contributed by atoms with van der Waals surface area (Å²) in [7, 11) is 1.61. The molecule has 0 radical (unpaired) electrons. The van der Waals surface area contributed by atoms with Crippen LogP contribution in [0.2, 0.25) is 0 Å². The smallest absolute Gasteiger partial charge is 0.256 e. The standard InChI is InChI=1S/C8H15F2N/c1-7(4-5-7)8(2,11-3)6(9)10/h6,11H,4-5H2,1-3H3. The van der Waals surface area contributed by atoms with E-state index in [-0.39, 0.29) is 5.41 Å². The van der Waals surface area contributed by atoms with Gasteiger partial charge in [0, 0.05) is 0 Å². The maximum atomic E-state index is 12.6. The van der Waals surface area contributed by atoms with Crippen molar-refractivity contribution in [3.8, 4) is 0 Å². The zero-order valence-electron chi connectivity index (χ0n) is 7.25. The second-order valence-electron chi connectivity index (χ2n) is 3.81. The molecule has 66 valence electrons.